The van der Waals surface area contributed by atoms with Crippen LogP contribution in [0, 0.1) is 0 Å². The fourth-order valence-corrected chi connectivity index (χ4v) is 1.77. The van der Waals surface area contributed by atoms with Crippen molar-refractivity contribution in [1.29, 1.82) is 0 Å². The van der Waals surface area contributed by atoms with Crippen LogP contribution in [0.25, 0.3) is 0 Å². The highest BCUT2D eigenvalue weighted by Gasteiger charge is 2.16. The second-order valence-electron chi connectivity index (χ2n) is 4.08. The van der Waals surface area contributed by atoms with E-state index in [2.05, 4.69) is 0 Å². The Morgan fingerprint density at radius 1 is 1.24 bits per heavy atom. The molecule has 0 aromatic heterocycles. The van der Waals surface area contributed by atoms with Gasteiger partial charge in [-0.1, -0.05) is 0 Å². The van der Waals surface area contributed by atoms with E-state index in [4.69, 9.17) is 9.47 Å². The summed E-state index contributed by atoms with van der Waals surface area (Å²) in [6, 6.07) is 3.33. The lowest BCUT2D eigenvalue weighted by Gasteiger charge is -2.16. The van der Waals surface area contributed by atoms with Crippen molar-refractivity contribution in [3.8, 4) is 11.5 Å². The van der Waals surface area contributed by atoms with Crippen LogP contribution in [0.5, 0.6) is 11.5 Å². The second kappa shape index (κ2) is 5.87. The predicted molar refractivity (Wildman–Crippen MR) is 64.5 cm³/mol. The number of benzene rings is 1. The van der Waals surface area contributed by atoms with Gasteiger partial charge in [0, 0.05) is 12.0 Å². The first kappa shape index (κ1) is 13.8. The van der Waals surface area contributed by atoms with E-state index in [9.17, 15) is 9.50 Å². The Kier molecular flexibility index (Phi) is 4.75. The summed E-state index contributed by atoms with van der Waals surface area (Å²) >= 11 is 0. The molecule has 0 fully saturated rings. The summed E-state index contributed by atoms with van der Waals surface area (Å²) in [5, 5.41) is 9.43. The zero-order chi connectivity index (χ0) is 13.0. The number of hydrogen-bond donors (Lipinski definition) is 1. The van der Waals surface area contributed by atoms with Crippen molar-refractivity contribution in [1.82, 2.24) is 0 Å². The van der Waals surface area contributed by atoms with E-state index >= 15 is 0 Å². The van der Waals surface area contributed by atoms with E-state index in [-0.39, 0.29) is 0 Å². The maximum Gasteiger partial charge on any atom is 0.164 e. The van der Waals surface area contributed by atoms with Crippen LogP contribution in [-0.4, -0.2) is 25.4 Å². The third-order valence-corrected chi connectivity index (χ3v) is 2.55. The molecule has 0 bridgehead atoms. The summed E-state index contributed by atoms with van der Waals surface area (Å²) in [4.78, 5) is 0. The minimum Gasteiger partial charge on any atom is -0.493 e. The summed E-state index contributed by atoms with van der Waals surface area (Å²) < 4.78 is 23.8. The number of hydrogen-bond acceptors (Lipinski definition) is 3. The highest BCUT2D eigenvalue weighted by molar-refractivity contribution is 5.50. The molecule has 1 aromatic rings. The second-order valence-corrected chi connectivity index (χ2v) is 4.08. The molecule has 0 spiro atoms. The standard InChI is InChI=1S/C13H19FO3/c1-8(15)5-11-6-10(9(2)14)7-12(16-3)13(11)17-4/h6-9,15H,5H2,1-4H3. The molecule has 0 aliphatic heterocycles. The SMILES string of the molecule is COc1cc(C(C)F)cc(CC(C)O)c1OC. The van der Waals surface area contributed by atoms with Crippen molar-refractivity contribution < 1.29 is 19.0 Å². The fraction of sp³-hybridized carbons (Fsp3) is 0.538. The third-order valence-electron chi connectivity index (χ3n) is 2.55. The molecule has 96 valence electrons. The van der Waals surface area contributed by atoms with Gasteiger partial charge in [-0.05, 0) is 31.5 Å². The van der Waals surface area contributed by atoms with Crippen LogP contribution >= 0.6 is 0 Å². The van der Waals surface area contributed by atoms with Gasteiger partial charge >= 0.3 is 0 Å². The maximum absolute atomic E-state index is 13.3. The zero-order valence-corrected chi connectivity index (χ0v) is 10.7. The van der Waals surface area contributed by atoms with Crippen LogP contribution < -0.4 is 9.47 Å². The lowest BCUT2D eigenvalue weighted by molar-refractivity contribution is 0.193. The van der Waals surface area contributed by atoms with Gasteiger partial charge in [0.15, 0.2) is 11.5 Å². The van der Waals surface area contributed by atoms with E-state index in [1.165, 1.54) is 21.1 Å². The molecule has 0 heterocycles. The molecule has 0 saturated carbocycles. The number of ether oxygens (including phenoxy) is 2. The number of methoxy groups -OCH3 is 2. The van der Waals surface area contributed by atoms with Crippen molar-refractivity contribution in [2.45, 2.75) is 32.5 Å². The molecule has 4 heteroatoms. The normalized spacial score (nSPS) is 14.2. The molecule has 3 nitrogen and oxygen atoms in total. The zero-order valence-electron chi connectivity index (χ0n) is 10.7. The van der Waals surface area contributed by atoms with Crippen molar-refractivity contribution in [2.24, 2.45) is 0 Å². The minimum atomic E-state index is -1.08. The van der Waals surface area contributed by atoms with E-state index in [1.807, 2.05) is 0 Å². The number of alkyl halides is 1. The molecule has 0 aliphatic carbocycles. The van der Waals surface area contributed by atoms with Crippen LogP contribution in [-0.2, 0) is 6.42 Å². The van der Waals surface area contributed by atoms with Crippen LogP contribution in [0.4, 0.5) is 4.39 Å². The maximum atomic E-state index is 13.3. The molecule has 2 unspecified atom stereocenters. The van der Waals surface area contributed by atoms with E-state index in [0.29, 0.717) is 23.5 Å². The van der Waals surface area contributed by atoms with Crippen molar-refractivity contribution in [2.75, 3.05) is 14.2 Å². The molecule has 1 aromatic carbocycles. The Morgan fingerprint density at radius 2 is 1.88 bits per heavy atom. The number of aliphatic hydroxyl groups is 1. The first-order valence-electron chi connectivity index (χ1n) is 5.56. The van der Waals surface area contributed by atoms with E-state index in [1.54, 1.807) is 19.1 Å². The van der Waals surface area contributed by atoms with Crippen LogP contribution in [0.1, 0.15) is 31.1 Å². The van der Waals surface area contributed by atoms with Gasteiger partial charge in [-0.15, -0.1) is 0 Å². The van der Waals surface area contributed by atoms with Gasteiger partial charge in [-0.3, -0.25) is 0 Å². The molecular weight excluding hydrogens is 223 g/mol. The third kappa shape index (κ3) is 3.33. The van der Waals surface area contributed by atoms with Crippen LogP contribution in [0.3, 0.4) is 0 Å². The lowest BCUT2D eigenvalue weighted by Crippen LogP contribution is -2.07. The molecule has 1 N–H and O–H groups in total. The predicted octanol–water partition coefficient (Wildman–Crippen LogP) is 2.66. The molecule has 0 radical (unpaired) electrons. The first-order valence-corrected chi connectivity index (χ1v) is 5.56. The average Bonchev–Trinajstić information content (AvgIpc) is 2.26. The van der Waals surface area contributed by atoms with Gasteiger partial charge in [-0.25, -0.2) is 4.39 Å². The highest BCUT2D eigenvalue weighted by atomic mass is 19.1. The molecule has 0 saturated heterocycles. The quantitative estimate of drug-likeness (QED) is 0.862. The Bertz CT molecular complexity index is 375. The first-order chi connectivity index (χ1) is 7.99. The van der Waals surface area contributed by atoms with Crippen LogP contribution in [0.15, 0.2) is 12.1 Å². The van der Waals surface area contributed by atoms with Crippen LogP contribution in [0.2, 0.25) is 0 Å². The summed E-state index contributed by atoms with van der Waals surface area (Å²) in [6.45, 7) is 3.14. The Morgan fingerprint density at radius 3 is 2.29 bits per heavy atom. The summed E-state index contributed by atoms with van der Waals surface area (Å²) in [6.07, 6.45) is -1.19. The monoisotopic (exact) mass is 242 g/mol. The van der Waals surface area contributed by atoms with E-state index in [0.717, 1.165) is 5.56 Å². The number of rotatable bonds is 5. The van der Waals surface area contributed by atoms with Crippen molar-refractivity contribution in [3.63, 3.8) is 0 Å². The van der Waals surface area contributed by atoms with Crippen molar-refractivity contribution >= 4 is 0 Å². The molecule has 17 heavy (non-hydrogen) atoms. The van der Waals surface area contributed by atoms with Crippen molar-refractivity contribution in [3.05, 3.63) is 23.3 Å². The smallest absolute Gasteiger partial charge is 0.164 e. The molecular formula is C13H19FO3. The van der Waals surface area contributed by atoms with Gasteiger partial charge in [0.1, 0.15) is 6.17 Å². The van der Waals surface area contributed by atoms with Gasteiger partial charge in [0.05, 0.1) is 20.3 Å². The summed E-state index contributed by atoms with van der Waals surface area (Å²) in [5.41, 5.74) is 1.28. The fourth-order valence-electron chi connectivity index (χ4n) is 1.77. The van der Waals surface area contributed by atoms with Gasteiger partial charge in [0.25, 0.3) is 0 Å². The largest absolute Gasteiger partial charge is 0.493 e. The molecule has 0 amide bonds. The summed E-state index contributed by atoms with van der Waals surface area (Å²) in [7, 11) is 3.04. The lowest BCUT2D eigenvalue weighted by atomic mass is 10.0. The average molecular weight is 242 g/mol. The Balaban J connectivity index is 3.26. The van der Waals surface area contributed by atoms with Gasteiger partial charge in [-0.2, -0.15) is 0 Å². The molecule has 2 atom stereocenters. The minimum absolute atomic E-state index is 0.403. The highest BCUT2D eigenvalue weighted by Crippen LogP contribution is 2.35. The Labute approximate surface area is 101 Å². The molecule has 1 rings (SSSR count). The Hall–Kier alpha value is -1.29. The molecule has 0 aliphatic rings. The number of halogens is 1. The topological polar surface area (TPSA) is 38.7 Å². The van der Waals surface area contributed by atoms with Gasteiger partial charge in [0.2, 0.25) is 0 Å². The number of aliphatic hydroxyl groups excluding tert-OH is 1. The van der Waals surface area contributed by atoms with E-state index < -0.39 is 12.3 Å². The summed E-state index contributed by atoms with van der Waals surface area (Å²) in [5.74, 6) is 1.04. The van der Waals surface area contributed by atoms with Gasteiger partial charge < -0.3 is 14.6 Å².